The largest absolute Gasteiger partial charge is 0.496 e. The van der Waals surface area contributed by atoms with Crippen molar-refractivity contribution in [2.24, 2.45) is 11.1 Å². The maximum atomic E-state index is 5.99. The fourth-order valence-electron chi connectivity index (χ4n) is 2.82. The number of methoxy groups -OCH3 is 1. The van der Waals surface area contributed by atoms with Gasteiger partial charge in [-0.3, -0.25) is 0 Å². The molecule has 0 spiro atoms. The first-order valence-electron chi connectivity index (χ1n) is 5.82. The average Bonchev–Trinajstić information content (AvgIpc) is 2.82. The van der Waals surface area contributed by atoms with Crippen LogP contribution < -0.4 is 10.5 Å². The number of hydrogen-bond donors (Lipinski definition) is 1. The molecule has 0 amide bonds. The van der Waals surface area contributed by atoms with Gasteiger partial charge in [-0.05, 0) is 24.8 Å². The van der Waals surface area contributed by atoms with Gasteiger partial charge >= 0.3 is 0 Å². The molecule has 88 valence electrons. The normalized spacial score (nSPS) is 26.6. The van der Waals surface area contributed by atoms with E-state index < -0.39 is 0 Å². The molecule has 1 fully saturated rings. The van der Waals surface area contributed by atoms with Crippen molar-refractivity contribution in [2.45, 2.75) is 32.6 Å². The summed E-state index contributed by atoms with van der Waals surface area (Å²) in [6.07, 6.45) is 1.15. The van der Waals surface area contributed by atoms with Gasteiger partial charge < -0.3 is 10.5 Å². The SMILES string of the molecule is COc1ccc(C)cc1C1(CN)CC1(C)C. The van der Waals surface area contributed by atoms with Gasteiger partial charge in [0.2, 0.25) is 0 Å². The van der Waals surface area contributed by atoms with E-state index in [1.165, 1.54) is 11.1 Å². The second kappa shape index (κ2) is 3.49. The van der Waals surface area contributed by atoms with E-state index in [-0.39, 0.29) is 5.41 Å². The molecule has 1 aliphatic rings. The molecule has 1 unspecified atom stereocenters. The molecule has 0 radical (unpaired) electrons. The predicted molar refractivity (Wildman–Crippen MR) is 66.9 cm³/mol. The molecule has 0 saturated heterocycles. The highest BCUT2D eigenvalue weighted by atomic mass is 16.5. The number of rotatable bonds is 3. The Morgan fingerprint density at radius 3 is 2.44 bits per heavy atom. The third kappa shape index (κ3) is 1.44. The lowest BCUT2D eigenvalue weighted by molar-refractivity contribution is 0.395. The molecule has 1 saturated carbocycles. The zero-order chi connectivity index (χ0) is 12.0. The Balaban J connectivity index is 2.51. The van der Waals surface area contributed by atoms with Gasteiger partial charge in [-0.2, -0.15) is 0 Å². The molecule has 1 aromatic carbocycles. The van der Waals surface area contributed by atoms with Crippen LogP contribution in [0, 0.1) is 12.3 Å². The molecule has 16 heavy (non-hydrogen) atoms. The first-order valence-corrected chi connectivity index (χ1v) is 5.82. The topological polar surface area (TPSA) is 35.2 Å². The highest BCUT2D eigenvalue weighted by Gasteiger charge is 2.62. The van der Waals surface area contributed by atoms with Crippen LogP contribution in [0.4, 0.5) is 0 Å². The lowest BCUT2D eigenvalue weighted by Crippen LogP contribution is -2.26. The Morgan fingerprint density at radius 2 is 2.00 bits per heavy atom. The summed E-state index contributed by atoms with van der Waals surface area (Å²) in [5, 5.41) is 0. The Kier molecular flexibility index (Phi) is 2.50. The second-order valence-electron chi connectivity index (χ2n) is 5.55. The zero-order valence-corrected chi connectivity index (χ0v) is 10.6. The standard InChI is InChI=1S/C14H21NO/c1-10-5-6-12(16-4)11(7-10)14(9-15)8-13(14,2)3/h5-7H,8-9,15H2,1-4H3. The zero-order valence-electron chi connectivity index (χ0n) is 10.6. The van der Waals surface area contributed by atoms with Gasteiger partial charge in [0, 0.05) is 17.5 Å². The van der Waals surface area contributed by atoms with Crippen LogP contribution in [0.1, 0.15) is 31.4 Å². The molecule has 0 heterocycles. The van der Waals surface area contributed by atoms with Crippen molar-refractivity contribution < 1.29 is 4.74 Å². The van der Waals surface area contributed by atoms with E-state index in [2.05, 4.69) is 39.0 Å². The van der Waals surface area contributed by atoms with Crippen LogP contribution in [0.2, 0.25) is 0 Å². The summed E-state index contributed by atoms with van der Waals surface area (Å²) < 4.78 is 5.47. The minimum absolute atomic E-state index is 0.115. The monoisotopic (exact) mass is 219 g/mol. The van der Waals surface area contributed by atoms with E-state index in [0.717, 1.165) is 12.2 Å². The van der Waals surface area contributed by atoms with E-state index in [0.29, 0.717) is 12.0 Å². The van der Waals surface area contributed by atoms with Crippen molar-refractivity contribution in [1.29, 1.82) is 0 Å². The number of hydrogen-bond acceptors (Lipinski definition) is 2. The van der Waals surface area contributed by atoms with Crippen LogP contribution in [-0.2, 0) is 5.41 Å². The smallest absolute Gasteiger partial charge is 0.122 e. The molecule has 2 nitrogen and oxygen atoms in total. The Labute approximate surface area is 97.8 Å². The number of benzene rings is 1. The Hall–Kier alpha value is -1.02. The van der Waals surface area contributed by atoms with E-state index in [1.54, 1.807) is 7.11 Å². The van der Waals surface area contributed by atoms with Crippen LogP contribution in [0.15, 0.2) is 18.2 Å². The van der Waals surface area contributed by atoms with E-state index >= 15 is 0 Å². The molecule has 2 heteroatoms. The van der Waals surface area contributed by atoms with Gasteiger partial charge in [0.15, 0.2) is 0 Å². The number of aryl methyl sites for hydroxylation is 1. The molecule has 0 bridgehead atoms. The van der Waals surface area contributed by atoms with Crippen LogP contribution in [0.3, 0.4) is 0 Å². The lowest BCUT2D eigenvalue weighted by Gasteiger charge is -2.22. The quantitative estimate of drug-likeness (QED) is 0.848. The summed E-state index contributed by atoms with van der Waals surface area (Å²) in [5.41, 5.74) is 8.95. The van der Waals surface area contributed by atoms with E-state index in [1.807, 2.05) is 0 Å². The molecule has 0 aliphatic heterocycles. The fourth-order valence-corrected chi connectivity index (χ4v) is 2.82. The fraction of sp³-hybridized carbons (Fsp3) is 0.571. The lowest BCUT2D eigenvalue weighted by atomic mass is 9.86. The average molecular weight is 219 g/mol. The molecular formula is C14H21NO. The molecule has 1 aromatic rings. The molecular weight excluding hydrogens is 198 g/mol. The summed E-state index contributed by atoms with van der Waals surface area (Å²) in [5.74, 6) is 0.974. The van der Waals surface area contributed by atoms with Gasteiger partial charge in [0.25, 0.3) is 0 Å². The molecule has 0 aromatic heterocycles. The van der Waals surface area contributed by atoms with Crippen molar-refractivity contribution in [1.82, 2.24) is 0 Å². The van der Waals surface area contributed by atoms with E-state index in [4.69, 9.17) is 10.5 Å². The summed E-state index contributed by atoms with van der Waals surface area (Å²) in [7, 11) is 1.73. The highest BCUT2D eigenvalue weighted by molar-refractivity contribution is 5.48. The maximum Gasteiger partial charge on any atom is 0.122 e. The first-order chi connectivity index (χ1) is 7.47. The first kappa shape index (κ1) is 11.5. The van der Waals surface area contributed by atoms with Crippen molar-refractivity contribution >= 4 is 0 Å². The van der Waals surface area contributed by atoms with Gasteiger partial charge in [-0.15, -0.1) is 0 Å². The highest BCUT2D eigenvalue weighted by Crippen LogP contribution is 2.65. The van der Waals surface area contributed by atoms with Crippen LogP contribution in [-0.4, -0.2) is 13.7 Å². The van der Waals surface area contributed by atoms with Crippen LogP contribution in [0.25, 0.3) is 0 Å². The second-order valence-corrected chi connectivity index (χ2v) is 5.55. The predicted octanol–water partition coefficient (Wildman–Crippen LogP) is 2.63. The molecule has 2 N–H and O–H groups in total. The summed E-state index contributed by atoms with van der Waals surface area (Å²) in [4.78, 5) is 0. The molecule has 1 atom stereocenters. The van der Waals surface area contributed by atoms with Crippen molar-refractivity contribution in [2.75, 3.05) is 13.7 Å². The maximum absolute atomic E-state index is 5.99. The van der Waals surface area contributed by atoms with Crippen molar-refractivity contribution in [3.63, 3.8) is 0 Å². The Bertz CT molecular complexity index is 411. The third-order valence-electron chi connectivity index (χ3n) is 4.13. The summed E-state index contributed by atoms with van der Waals surface area (Å²) in [6, 6.07) is 6.36. The van der Waals surface area contributed by atoms with Gasteiger partial charge in [0.1, 0.15) is 5.75 Å². The number of ether oxygens (including phenoxy) is 1. The van der Waals surface area contributed by atoms with Crippen LogP contribution >= 0.6 is 0 Å². The Morgan fingerprint density at radius 1 is 1.38 bits per heavy atom. The van der Waals surface area contributed by atoms with E-state index in [9.17, 15) is 0 Å². The summed E-state index contributed by atoms with van der Waals surface area (Å²) in [6.45, 7) is 7.37. The van der Waals surface area contributed by atoms with Crippen molar-refractivity contribution in [3.05, 3.63) is 29.3 Å². The van der Waals surface area contributed by atoms with Gasteiger partial charge in [0.05, 0.1) is 7.11 Å². The van der Waals surface area contributed by atoms with Gasteiger partial charge in [-0.1, -0.05) is 31.5 Å². The minimum Gasteiger partial charge on any atom is -0.496 e. The number of nitrogens with two attached hydrogens (primary N) is 1. The van der Waals surface area contributed by atoms with Crippen molar-refractivity contribution in [3.8, 4) is 5.75 Å². The molecule has 1 aliphatic carbocycles. The minimum atomic E-state index is 0.115. The third-order valence-corrected chi connectivity index (χ3v) is 4.13. The summed E-state index contributed by atoms with van der Waals surface area (Å²) >= 11 is 0. The molecule has 2 rings (SSSR count). The van der Waals surface area contributed by atoms with Gasteiger partial charge in [-0.25, -0.2) is 0 Å². The van der Waals surface area contributed by atoms with Crippen LogP contribution in [0.5, 0.6) is 5.75 Å².